The van der Waals surface area contributed by atoms with Gasteiger partial charge in [-0.3, -0.25) is 14.6 Å². The largest absolute Gasteiger partial charge is 0.310 e. The lowest BCUT2D eigenvalue weighted by atomic mass is 10.0. The number of amides is 1. The molecule has 10 heteroatoms. The molecule has 134 valence electrons. The minimum absolute atomic E-state index is 0.0671. The van der Waals surface area contributed by atoms with Gasteiger partial charge < -0.3 is 5.32 Å². The summed E-state index contributed by atoms with van der Waals surface area (Å²) in [5, 5.41) is 14.3. The van der Waals surface area contributed by atoms with Gasteiger partial charge in [-0.05, 0) is 20.3 Å². The Balaban J connectivity index is 1.76. The normalized spacial score (nSPS) is 25.4. The average molecular weight is 381 g/mol. The van der Waals surface area contributed by atoms with Crippen LogP contribution in [-0.4, -0.2) is 51.6 Å². The summed E-state index contributed by atoms with van der Waals surface area (Å²) in [5.41, 5.74) is 3.77. The molecule has 1 amide bonds. The molecule has 0 saturated carbocycles. The molecule has 0 unspecified atom stereocenters. The number of fused-ring (bicyclic) bond motifs is 1. The van der Waals surface area contributed by atoms with Gasteiger partial charge in [0, 0.05) is 16.8 Å². The Morgan fingerprint density at radius 3 is 2.88 bits per heavy atom. The molecule has 0 aliphatic carbocycles. The van der Waals surface area contributed by atoms with Crippen molar-refractivity contribution in [3.63, 3.8) is 0 Å². The summed E-state index contributed by atoms with van der Waals surface area (Å²) in [4.78, 5) is 11.9. The average Bonchev–Trinajstić information content (AvgIpc) is 3.18. The van der Waals surface area contributed by atoms with Crippen LogP contribution in [0.1, 0.15) is 40.2 Å². The molecule has 8 nitrogen and oxygen atoms in total. The van der Waals surface area contributed by atoms with Gasteiger partial charge in [0.25, 0.3) is 0 Å². The molecule has 2 aromatic heterocycles. The maximum atomic E-state index is 11.9. The SMILES string of the molecule is Cc1nn([C@H]2CCS(=O)(=O)C2)c(C)c1[C@H]1SCC(=O)Nc2[nH]ncc21. The smallest absolute Gasteiger partial charge is 0.235 e. The summed E-state index contributed by atoms with van der Waals surface area (Å²) < 4.78 is 25.5. The fraction of sp³-hybridized carbons (Fsp3) is 0.533. The summed E-state index contributed by atoms with van der Waals surface area (Å²) in [6.07, 6.45) is 2.33. The molecule has 2 atom stereocenters. The van der Waals surface area contributed by atoms with Crippen LogP contribution in [0.2, 0.25) is 0 Å². The molecule has 1 fully saturated rings. The van der Waals surface area contributed by atoms with E-state index in [9.17, 15) is 13.2 Å². The molecule has 2 aliphatic rings. The Bertz CT molecular complexity index is 947. The Hall–Kier alpha value is -1.81. The van der Waals surface area contributed by atoms with Crippen LogP contribution >= 0.6 is 11.8 Å². The molecular weight excluding hydrogens is 362 g/mol. The van der Waals surface area contributed by atoms with Gasteiger partial charge in [0.2, 0.25) is 5.91 Å². The van der Waals surface area contributed by atoms with Crippen LogP contribution in [0.3, 0.4) is 0 Å². The van der Waals surface area contributed by atoms with E-state index in [-0.39, 0.29) is 28.7 Å². The number of sulfone groups is 1. The first-order valence-electron chi connectivity index (χ1n) is 8.06. The summed E-state index contributed by atoms with van der Waals surface area (Å²) in [7, 11) is -2.98. The van der Waals surface area contributed by atoms with Crippen LogP contribution in [0.15, 0.2) is 6.20 Å². The first-order chi connectivity index (χ1) is 11.9. The van der Waals surface area contributed by atoms with E-state index in [0.29, 0.717) is 18.0 Å². The highest BCUT2D eigenvalue weighted by atomic mass is 32.2. The summed E-state index contributed by atoms with van der Waals surface area (Å²) in [5.74, 6) is 1.25. The van der Waals surface area contributed by atoms with Gasteiger partial charge in [-0.1, -0.05) is 0 Å². The molecule has 4 rings (SSSR count). The molecule has 1 saturated heterocycles. The van der Waals surface area contributed by atoms with Crippen molar-refractivity contribution in [3.05, 3.63) is 28.7 Å². The molecule has 0 aromatic carbocycles. The molecule has 2 N–H and O–H groups in total. The van der Waals surface area contributed by atoms with E-state index in [4.69, 9.17) is 0 Å². The zero-order valence-electron chi connectivity index (χ0n) is 13.9. The van der Waals surface area contributed by atoms with Gasteiger partial charge in [0.05, 0.1) is 40.4 Å². The molecule has 0 radical (unpaired) electrons. The van der Waals surface area contributed by atoms with E-state index < -0.39 is 9.84 Å². The van der Waals surface area contributed by atoms with Crippen molar-refractivity contribution in [2.45, 2.75) is 31.6 Å². The third-order valence-electron chi connectivity index (χ3n) is 4.79. The topological polar surface area (TPSA) is 110 Å². The van der Waals surface area contributed by atoms with Crippen molar-refractivity contribution < 1.29 is 13.2 Å². The van der Waals surface area contributed by atoms with E-state index in [1.165, 1.54) is 11.8 Å². The second-order valence-electron chi connectivity index (χ2n) is 6.53. The summed E-state index contributed by atoms with van der Waals surface area (Å²) >= 11 is 1.53. The number of nitrogens with zero attached hydrogens (tertiary/aromatic N) is 3. The number of aromatic amines is 1. The highest BCUT2D eigenvalue weighted by molar-refractivity contribution is 8.00. The number of hydrogen-bond donors (Lipinski definition) is 2. The maximum absolute atomic E-state index is 11.9. The van der Waals surface area contributed by atoms with E-state index in [1.807, 2.05) is 18.5 Å². The summed E-state index contributed by atoms with van der Waals surface area (Å²) in [6, 6.07) is -0.114. The van der Waals surface area contributed by atoms with Crippen LogP contribution in [-0.2, 0) is 14.6 Å². The number of thioether (sulfide) groups is 1. The van der Waals surface area contributed by atoms with Gasteiger partial charge in [0.1, 0.15) is 5.82 Å². The third kappa shape index (κ3) is 2.86. The van der Waals surface area contributed by atoms with Crippen LogP contribution < -0.4 is 5.32 Å². The number of hydrogen-bond acceptors (Lipinski definition) is 6. The number of nitrogens with one attached hydrogen (secondary N) is 2. The Kier molecular flexibility index (Phi) is 3.91. The molecule has 4 heterocycles. The fourth-order valence-electron chi connectivity index (χ4n) is 3.64. The van der Waals surface area contributed by atoms with Gasteiger partial charge in [0.15, 0.2) is 9.84 Å². The number of aromatic nitrogens is 4. The van der Waals surface area contributed by atoms with Crippen molar-refractivity contribution in [3.8, 4) is 0 Å². The first-order valence-corrected chi connectivity index (χ1v) is 10.9. The monoisotopic (exact) mass is 381 g/mol. The van der Waals surface area contributed by atoms with Gasteiger partial charge in [-0.25, -0.2) is 8.42 Å². The number of carbonyl (C=O) groups excluding carboxylic acids is 1. The second-order valence-corrected chi connectivity index (χ2v) is 9.85. The number of anilines is 1. The Morgan fingerprint density at radius 1 is 1.36 bits per heavy atom. The van der Waals surface area contributed by atoms with Crippen molar-refractivity contribution >= 4 is 33.3 Å². The zero-order chi connectivity index (χ0) is 17.8. The van der Waals surface area contributed by atoms with Gasteiger partial charge in [-0.15, -0.1) is 11.8 Å². The van der Waals surface area contributed by atoms with Crippen LogP contribution in [0.4, 0.5) is 5.82 Å². The van der Waals surface area contributed by atoms with Crippen molar-refractivity contribution in [1.29, 1.82) is 0 Å². The van der Waals surface area contributed by atoms with Crippen molar-refractivity contribution in [2.75, 3.05) is 22.6 Å². The lowest BCUT2D eigenvalue weighted by Gasteiger charge is -2.16. The van der Waals surface area contributed by atoms with Crippen molar-refractivity contribution in [2.24, 2.45) is 0 Å². The number of aryl methyl sites for hydroxylation is 1. The molecule has 0 spiro atoms. The molecule has 2 aliphatic heterocycles. The summed E-state index contributed by atoms with van der Waals surface area (Å²) in [6.45, 7) is 3.91. The predicted molar refractivity (Wildman–Crippen MR) is 95.5 cm³/mol. The minimum atomic E-state index is -2.98. The third-order valence-corrected chi connectivity index (χ3v) is 7.80. The van der Waals surface area contributed by atoms with Crippen molar-refractivity contribution in [1.82, 2.24) is 20.0 Å². The number of rotatable bonds is 2. The van der Waals surface area contributed by atoms with Crippen LogP contribution in [0.5, 0.6) is 0 Å². The molecule has 0 bridgehead atoms. The minimum Gasteiger partial charge on any atom is -0.310 e. The standard InChI is InChI=1S/C15H19N5O3S2/c1-8-13(9(2)20(19-8)10-3-4-25(22,23)7-10)14-11-5-16-18-15(11)17-12(21)6-24-14/h5,10,14H,3-4,6-7H2,1-2H3,(H2,16,17,18,21)/t10-,14-/m0/s1. The molecular formula is C15H19N5O3S2. The van der Waals surface area contributed by atoms with E-state index in [1.54, 1.807) is 6.20 Å². The lowest BCUT2D eigenvalue weighted by molar-refractivity contribution is -0.113. The van der Waals surface area contributed by atoms with E-state index in [0.717, 1.165) is 22.5 Å². The quantitative estimate of drug-likeness (QED) is 0.813. The number of carbonyl (C=O) groups is 1. The second kappa shape index (κ2) is 5.87. The van der Waals surface area contributed by atoms with E-state index >= 15 is 0 Å². The van der Waals surface area contributed by atoms with Crippen LogP contribution in [0, 0.1) is 13.8 Å². The zero-order valence-corrected chi connectivity index (χ0v) is 15.6. The van der Waals surface area contributed by atoms with E-state index in [2.05, 4.69) is 20.6 Å². The number of H-pyrrole nitrogens is 1. The Morgan fingerprint density at radius 2 is 2.16 bits per heavy atom. The predicted octanol–water partition coefficient (Wildman–Crippen LogP) is 1.36. The lowest BCUT2D eigenvalue weighted by Crippen LogP contribution is -2.14. The maximum Gasteiger partial charge on any atom is 0.235 e. The molecule has 2 aromatic rings. The highest BCUT2D eigenvalue weighted by Gasteiger charge is 2.34. The molecule has 25 heavy (non-hydrogen) atoms. The van der Waals surface area contributed by atoms with Gasteiger partial charge in [-0.2, -0.15) is 10.2 Å². The Labute approximate surface area is 149 Å². The highest BCUT2D eigenvalue weighted by Crippen LogP contribution is 2.43. The fourth-order valence-corrected chi connectivity index (χ4v) is 6.58. The first kappa shape index (κ1) is 16.6. The van der Waals surface area contributed by atoms with Gasteiger partial charge >= 0.3 is 0 Å². The van der Waals surface area contributed by atoms with Crippen LogP contribution in [0.25, 0.3) is 0 Å².